The van der Waals surface area contributed by atoms with Crippen LogP contribution < -0.4 is 5.32 Å². The van der Waals surface area contributed by atoms with E-state index in [9.17, 15) is 0 Å². The lowest BCUT2D eigenvalue weighted by Crippen LogP contribution is -2.12. The molecular weight excluding hydrogens is 230 g/mol. The molecule has 0 atom stereocenters. The fraction of sp³-hybridized carbons (Fsp3) is 0.583. The molecule has 0 amide bonds. The highest BCUT2D eigenvalue weighted by Gasteiger charge is 2.06. The molecule has 0 radical (unpaired) electrons. The molecule has 0 aliphatic carbocycles. The first-order valence-corrected chi connectivity index (χ1v) is 6.31. The molecule has 98 valence electrons. The summed E-state index contributed by atoms with van der Waals surface area (Å²) in [5.74, 6) is 1.60. The Labute approximate surface area is 106 Å². The lowest BCUT2D eigenvalue weighted by molar-refractivity contribution is 0.141. The summed E-state index contributed by atoms with van der Waals surface area (Å²) in [5, 5.41) is 11.3. The van der Waals surface area contributed by atoms with Crippen molar-refractivity contribution in [2.75, 3.05) is 25.1 Å². The van der Waals surface area contributed by atoms with Crippen LogP contribution in [0, 0.1) is 6.92 Å². The van der Waals surface area contributed by atoms with Crippen molar-refractivity contribution in [3.05, 3.63) is 18.2 Å². The molecule has 2 heterocycles. The van der Waals surface area contributed by atoms with E-state index in [2.05, 4.69) is 27.4 Å². The van der Waals surface area contributed by atoms with Crippen LogP contribution in [0.1, 0.15) is 25.6 Å². The lowest BCUT2D eigenvalue weighted by Gasteiger charge is -2.07. The number of ether oxygens (including phenoxy) is 1. The van der Waals surface area contributed by atoms with Crippen molar-refractivity contribution in [1.82, 2.24) is 19.6 Å². The number of aryl methyl sites for hydroxylation is 1. The summed E-state index contributed by atoms with van der Waals surface area (Å²) < 4.78 is 7.39. The molecule has 0 saturated heterocycles. The highest BCUT2D eigenvalue weighted by Crippen LogP contribution is 2.11. The molecule has 2 aromatic heterocycles. The Bertz CT molecular complexity index is 496. The third kappa shape index (κ3) is 2.95. The van der Waals surface area contributed by atoms with Crippen molar-refractivity contribution in [2.24, 2.45) is 0 Å². The van der Waals surface area contributed by atoms with Gasteiger partial charge in [0.15, 0.2) is 5.82 Å². The van der Waals surface area contributed by atoms with E-state index < -0.39 is 0 Å². The molecule has 1 N–H and O–H groups in total. The van der Waals surface area contributed by atoms with Gasteiger partial charge in [-0.05, 0) is 13.3 Å². The minimum atomic E-state index is 0.676. The standard InChI is InChI=1S/C12H19N5O/c1-3-4-8-18-9-6-14-11-12-16-15-10(2)17(12)7-5-13-11/h5,7H,3-4,6,8-9H2,1-2H3,(H,13,14). The van der Waals surface area contributed by atoms with Crippen LogP contribution in [0.25, 0.3) is 5.65 Å². The lowest BCUT2D eigenvalue weighted by atomic mass is 10.4. The minimum Gasteiger partial charge on any atom is -0.380 e. The molecule has 6 nitrogen and oxygen atoms in total. The van der Waals surface area contributed by atoms with E-state index in [1.165, 1.54) is 0 Å². The number of anilines is 1. The maximum absolute atomic E-state index is 5.48. The summed E-state index contributed by atoms with van der Waals surface area (Å²) in [6.45, 7) is 6.29. The predicted molar refractivity (Wildman–Crippen MR) is 69.7 cm³/mol. The summed E-state index contributed by atoms with van der Waals surface area (Å²) in [7, 11) is 0. The highest BCUT2D eigenvalue weighted by atomic mass is 16.5. The monoisotopic (exact) mass is 249 g/mol. The van der Waals surface area contributed by atoms with Crippen molar-refractivity contribution in [3.8, 4) is 0 Å². The summed E-state index contributed by atoms with van der Waals surface area (Å²) in [5.41, 5.74) is 0.753. The Morgan fingerprint density at radius 1 is 1.33 bits per heavy atom. The molecule has 18 heavy (non-hydrogen) atoms. The van der Waals surface area contributed by atoms with Gasteiger partial charge in [-0.2, -0.15) is 0 Å². The molecule has 0 aliphatic heterocycles. The molecule has 0 unspecified atom stereocenters. The number of unbranched alkanes of at least 4 members (excludes halogenated alkanes) is 1. The van der Waals surface area contributed by atoms with Gasteiger partial charge in [-0.15, -0.1) is 10.2 Å². The predicted octanol–water partition coefficient (Wildman–Crippen LogP) is 1.66. The Morgan fingerprint density at radius 2 is 2.22 bits per heavy atom. The van der Waals surface area contributed by atoms with Gasteiger partial charge in [0.2, 0.25) is 5.65 Å². The normalized spacial score (nSPS) is 11.0. The van der Waals surface area contributed by atoms with E-state index in [4.69, 9.17) is 4.74 Å². The third-order valence-electron chi connectivity index (χ3n) is 2.68. The summed E-state index contributed by atoms with van der Waals surface area (Å²) in [4.78, 5) is 4.26. The van der Waals surface area contributed by atoms with Crippen LogP contribution in [-0.2, 0) is 4.74 Å². The Kier molecular flexibility index (Phi) is 4.46. The van der Waals surface area contributed by atoms with E-state index in [0.717, 1.165) is 43.3 Å². The van der Waals surface area contributed by atoms with E-state index in [0.29, 0.717) is 6.61 Å². The zero-order chi connectivity index (χ0) is 12.8. The van der Waals surface area contributed by atoms with Crippen molar-refractivity contribution in [1.29, 1.82) is 0 Å². The first kappa shape index (κ1) is 12.8. The summed E-state index contributed by atoms with van der Waals surface area (Å²) >= 11 is 0. The van der Waals surface area contributed by atoms with E-state index in [1.807, 2.05) is 17.5 Å². The number of aromatic nitrogens is 4. The largest absolute Gasteiger partial charge is 0.380 e. The molecule has 0 aliphatic rings. The second-order valence-corrected chi connectivity index (χ2v) is 4.11. The second kappa shape index (κ2) is 6.30. The van der Waals surface area contributed by atoms with Crippen LogP contribution in [0.3, 0.4) is 0 Å². The zero-order valence-corrected chi connectivity index (χ0v) is 10.9. The summed E-state index contributed by atoms with van der Waals surface area (Å²) in [6, 6.07) is 0. The van der Waals surface area contributed by atoms with Gasteiger partial charge in [0.05, 0.1) is 6.61 Å². The van der Waals surface area contributed by atoms with E-state index >= 15 is 0 Å². The minimum absolute atomic E-state index is 0.676. The van der Waals surface area contributed by atoms with Gasteiger partial charge < -0.3 is 10.1 Å². The molecule has 0 bridgehead atoms. The fourth-order valence-electron chi connectivity index (χ4n) is 1.66. The highest BCUT2D eigenvalue weighted by molar-refractivity contribution is 5.61. The van der Waals surface area contributed by atoms with Gasteiger partial charge in [-0.25, -0.2) is 4.98 Å². The zero-order valence-electron chi connectivity index (χ0n) is 10.9. The van der Waals surface area contributed by atoms with Crippen molar-refractivity contribution in [3.63, 3.8) is 0 Å². The van der Waals surface area contributed by atoms with Crippen LogP contribution in [-0.4, -0.2) is 39.3 Å². The number of rotatable bonds is 7. The quantitative estimate of drug-likeness (QED) is 0.756. The smallest absolute Gasteiger partial charge is 0.203 e. The van der Waals surface area contributed by atoms with Crippen LogP contribution >= 0.6 is 0 Å². The fourth-order valence-corrected chi connectivity index (χ4v) is 1.66. The second-order valence-electron chi connectivity index (χ2n) is 4.11. The Balaban J connectivity index is 1.88. The van der Waals surface area contributed by atoms with Crippen molar-refractivity contribution in [2.45, 2.75) is 26.7 Å². The van der Waals surface area contributed by atoms with Crippen LogP contribution in [0.15, 0.2) is 12.4 Å². The molecule has 0 fully saturated rings. The van der Waals surface area contributed by atoms with Crippen LogP contribution in [0.4, 0.5) is 5.82 Å². The first-order chi connectivity index (χ1) is 8.83. The van der Waals surface area contributed by atoms with Gasteiger partial charge in [0, 0.05) is 25.5 Å². The van der Waals surface area contributed by atoms with Crippen molar-refractivity contribution < 1.29 is 4.74 Å². The van der Waals surface area contributed by atoms with Crippen molar-refractivity contribution >= 4 is 11.5 Å². The average molecular weight is 249 g/mol. The SMILES string of the molecule is CCCCOCCNc1nccn2c(C)nnc12. The molecule has 0 saturated carbocycles. The van der Waals surface area contributed by atoms with Gasteiger partial charge in [-0.1, -0.05) is 13.3 Å². The van der Waals surface area contributed by atoms with Crippen LogP contribution in [0.5, 0.6) is 0 Å². The number of hydrogen-bond donors (Lipinski definition) is 1. The maximum atomic E-state index is 5.48. The first-order valence-electron chi connectivity index (χ1n) is 6.31. The summed E-state index contributed by atoms with van der Waals surface area (Å²) in [6.07, 6.45) is 5.86. The topological polar surface area (TPSA) is 64.3 Å². The van der Waals surface area contributed by atoms with Gasteiger partial charge >= 0.3 is 0 Å². The molecule has 0 spiro atoms. The maximum Gasteiger partial charge on any atom is 0.203 e. The van der Waals surface area contributed by atoms with Gasteiger partial charge in [0.1, 0.15) is 5.82 Å². The van der Waals surface area contributed by atoms with Gasteiger partial charge in [0.25, 0.3) is 0 Å². The molecule has 2 rings (SSSR count). The molecule has 0 aromatic carbocycles. The van der Waals surface area contributed by atoms with E-state index in [1.54, 1.807) is 6.20 Å². The Hall–Kier alpha value is -1.69. The number of fused-ring (bicyclic) bond motifs is 1. The molecule has 6 heteroatoms. The number of nitrogens with zero attached hydrogens (tertiary/aromatic N) is 4. The molecule has 2 aromatic rings. The van der Waals surface area contributed by atoms with E-state index in [-0.39, 0.29) is 0 Å². The average Bonchev–Trinajstić information content (AvgIpc) is 2.77. The number of nitrogens with one attached hydrogen (secondary N) is 1. The third-order valence-corrected chi connectivity index (χ3v) is 2.68. The Morgan fingerprint density at radius 3 is 3.06 bits per heavy atom. The van der Waals surface area contributed by atoms with Gasteiger partial charge in [-0.3, -0.25) is 4.40 Å². The number of hydrogen-bond acceptors (Lipinski definition) is 5. The molecular formula is C12H19N5O. The van der Waals surface area contributed by atoms with Crippen LogP contribution in [0.2, 0.25) is 0 Å².